The fraction of sp³-hybridized carbons (Fsp3) is 0.417. The van der Waals surface area contributed by atoms with E-state index < -0.39 is 0 Å². The number of fused-ring (bicyclic) bond motifs is 1. The summed E-state index contributed by atoms with van der Waals surface area (Å²) < 4.78 is 4.03. The highest BCUT2D eigenvalue weighted by Crippen LogP contribution is 2.30. The summed E-state index contributed by atoms with van der Waals surface area (Å²) in [5.41, 5.74) is 9.89. The van der Waals surface area contributed by atoms with Crippen molar-refractivity contribution in [2.24, 2.45) is 12.8 Å². The first-order chi connectivity index (χ1) is 7.75. The second-order valence-electron chi connectivity index (χ2n) is 4.46. The Kier molecular flexibility index (Phi) is 2.11. The third-order valence-corrected chi connectivity index (χ3v) is 3.32. The number of nitrogens with two attached hydrogens (primary N) is 1. The Bertz CT molecular complexity index is 509. The molecule has 0 fully saturated rings. The van der Waals surface area contributed by atoms with Gasteiger partial charge in [-0.15, -0.1) is 0 Å². The minimum absolute atomic E-state index is 0.210. The Hall–Kier alpha value is -1.55. The van der Waals surface area contributed by atoms with Crippen LogP contribution in [0.5, 0.6) is 0 Å². The number of hydrogen-bond acceptors (Lipinski definition) is 2. The normalized spacial score (nSPS) is 19.8. The van der Waals surface area contributed by atoms with E-state index in [1.165, 1.54) is 17.7 Å². The van der Waals surface area contributed by atoms with E-state index in [1.807, 2.05) is 24.1 Å². The third-order valence-electron chi connectivity index (χ3n) is 3.32. The van der Waals surface area contributed by atoms with Gasteiger partial charge in [-0.25, -0.2) is 0 Å². The van der Waals surface area contributed by atoms with Crippen molar-refractivity contribution in [3.05, 3.63) is 35.9 Å². The van der Waals surface area contributed by atoms with Crippen LogP contribution in [0.1, 0.15) is 30.1 Å². The van der Waals surface area contributed by atoms with Crippen LogP contribution in [-0.4, -0.2) is 14.3 Å². The summed E-state index contributed by atoms with van der Waals surface area (Å²) in [6, 6.07) is 2.35. The van der Waals surface area contributed by atoms with Gasteiger partial charge in [0.25, 0.3) is 0 Å². The lowest BCUT2D eigenvalue weighted by Crippen LogP contribution is -2.17. The maximum Gasteiger partial charge on any atom is 0.0835 e. The van der Waals surface area contributed by atoms with Gasteiger partial charge in [0.2, 0.25) is 0 Å². The highest BCUT2D eigenvalue weighted by atomic mass is 15.3. The van der Waals surface area contributed by atoms with Crippen molar-refractivity contribution < 1.29 is 0 Å². The first-order valence-corrected chi connectivity index (χ1v) is 5.70. The van der Waals surface area contributed by atoms with Crippen molar-refractivity contribution in [1.29, 1.82) is 0 Å². The summed E-state index contributed by atoms with van der Waals surface area (Å²) in [5, 5.41) is 4.21. The van der Waals surface area contributed by atoms with Crippen LogP contribution in [0, 0.1) is 0 Å². The summed E-state index contributed by atoms with van der Waals surface area (Å²) in [7, 11) is 1.94. The van der Waals surface area contributed by atoms with E-state index in [0.717, 1.165) is 18.5 Å². The molecule has 2 heterocycles. The van der Waals surface area contributed by atoms with E-state index >= 15 is 0 Å². The first kappa shape index (κ1) is 9.66. The largest absolute Gasteiger partial charge is 0.324 e. The second kappa shape index (κ2) is 3.49. The molecule has 0 saturated carbocycles. The Morgan fingerprint density at radius 2 is 2.38 bits per heavy atom. The van der Waals surface area contributed by atoms with Gasteiger partial charge in [0.15, 0.2) is 0 Å². The molecule has 0 radical (unpaired) electrons. The molecule has 0 bridgehead atoms. The minimum atomic E-state index is 0.210. The zero-order valence-corrected chi connectivity index (χ0v) is 9.43. The fourth-order valence-electron chi connectivity index (χ4n) is 2.50. The molecule has 0 spiro atoms. The van der Waals surface area contributed by atoms with Gasteiger partial charge in [0.05, 0.1) is 11.9 Å². The standard InChI is InChI=1S/C12H16N4/c1-15-8-9(7-14-15)16-6-5-10-11(13)3-2-4-12(10)16/h5-8,11H,2-4,13H2,1H3. The van der Waals surface area contributed by atoms with Gasteiger partial charge in [-0.05, 0) is 30.9 Å². The molecule has 1 aliphatic rings. The van der Waals surface area contributed by atoms with Crippen LogP contribution < -0.4 is 5.73 Å². The molecular weight excluding hydrogens is 200 g/mol. The zero-order valence-electron chi connectivity index (χ0n) is 9.43. The zero-order chi connectivity index (χ0) is 11.1. The van der Waals surface area contributed by atoms with Crippen LogP contribution in [0.3, 0.4) is 0 Å². The molecule has 1 unspecified atom stereocenters. The predicted octanol–water partition coefficient (Wildman–Crippen LogP) is 1.55. The van der Waals surface area contributed by atoms with E-state index in [9.17, 15) is 0 Å². The Balaban J connectivity index is 2.09. The smallest absolute Gasteiger partial charge is 0.0835 e. The summed E-state index contributed by atoms with van der Waals surface area (Å²) >= 11 is 0. The van der Waals surface area contributed by atoms with Gasteiger partial charge in [0.1, 0.15) is 0 Å². The minimum Gasteiger partial charge on any atom is -0.324 e. The van der Waals surface area contributed by atoms with Crippen LogP contribution in [0.15, 0.2) is 24.7 Å². The topological polar surface area (TPSA) is 48.8 Å². The van der Waals surface area contributed by atoms with E-state index in [1.54, 1.807) is 0 Å². The molecule has 0 aromatic carbocycles. The molecule has 0 saturated heterocycles. The summed E-state index contributed by atoms with van der Waals surface area (Å²) in [5.74, 6) is 0. The van der Waals surface area contributed by atoms with Gasteiger partial charge in [-0.2, -0.15) is 5.10 Å². The number of nitrogens with zero attached hydrogens (tertiary/aromatic N) is 3. The van der Waals surface area contributed by atoms with Gasteiger partial charge >= 0.3 is 0 Å². The van der Waals surface area contributed by atoms with Crippen molar-refractivity contribution >= 4 is 0 Å². The molecule has 2 aromatic rings. The molecule has 16 heavy (non-hydrogen) atoms. The molecular formula is C12H16N4. The molecule has 0 amide bonds. The molecule has 84 valence electrons. The molecule has 2 aromatic heterocycles. The van der Waals surface area contributed by atoms with Crippen LogP contribution in [0.2, 0.25) is 0 Å². The maximum absolute atomic E-state index is 6.11. The van der Waals surface area contributed by atoms with E-state index in [-0.39, 0.29) is 6.04 Å². The molecule has 1 atom stereocenters. The number of rotatable bonds is 1. The van der Waals surface area contributed by atoms with Gasteiger partial charge in [-0.3, -0.25) is 4.68 Å². The van der Waals surface area contributed by atoms with E-state index in [2.05, 4.69) is 21.9 Å². The first-order valence-electron chi connectivity index (χ1n) is 5.70. The fourth-order valence-corrected chi connectivity index (χ4v) is 2.50. The summed E-state index contributed by atoms with van der Waals surface area (Å²) in [4.78, 5) is 0. The second-order valence-corrected chi connectivity index (χ2v) is 4.46. The van der Waals surface area contributed by atoms with Crippen LogP contribution in [0.4, 0.5) is 0 Å². The molecule has 1 aliphatic carbocycles. The Labute approximate surface area is 94.7 Å². The highest BCUT2D eigenvalue weighted by molar-refractivity contribution is 5.37. The Morgan fingerprint density at radius 3 is 3.12 bits per heavy atom. The monoisotopic (exact) mass is 216 g/mol. The van der Waals surface area contributed by atoms with Crippen molar-refractivity contribution in [2.75, 3.05) is 0 Å². The summed E-state index contributed by atoms with van der Waals surface area (Å²) in [6.07, 6.45) is 9.42. The van der Waals surface area contributed by atoms with Gasteiger partial charge in [0, 0.05) is 31.2 Å². The van der Waals surface area contributed by atoms with Crippen molar-refractivity contribution in [3.63, 3.8) is 0 Å². The highest BCUT2D eigenvalue weighted by Gasteiger charge is 2.20. The molecule has 3 rings (SSSR count). The maximum atomic E-state index is 6.11. The number of aromatic nitrogens is 3. The lowest BCUT2D eigenvalue weighted by Gasteiger charge is -2.20. The average molecular weight is 216 g/mol. The molecule has 0 aliphatic heterocycles. The molecule has 2 N–H and O–H groups in total. The lowest BCUT2D eigenvalue weighted by molar-refractivity contribution is 0.560. The van der Waals surface area contributed by atoms with Crippen molar-refractivity contribution in [3.8, 4) is 5.69 Å². The summed E-state index contributed by atoms with van der Waals surface area (Å²) in [6.45, 7) is 0. The van der Waals surface area contributed by atoms with Crippen molar-refractivity contribution in [1.82, 2.24) is 14.3 Å². The van der Waals surface area contributed by atoms with Crippen LogP contribution in [0.25, 0.3) is 5.69 Å². The van der Waals surface area contributed by atoms with E-state index in [0.29, 0.717) is 0 Å². The average Bonchev–Trinajstić information content (AvgIpc) is 2.84. The van der Waals surface area contributed by atoms with E-state index in [4.69, 9.17) is 5.73 Å². The van der Waals surface area contributed by atoms with Gasteiger partial charge < -0.3 is 10.3 Å². The molecule has 4 nitrogen and oxygen atoms in total. The van der Waals surface area contributed by atoms with Gasteiger partial charge in [-0.1, -0.05) is 0 Å². The number of hydrogen-bond donors (Lipinski definition) is 1. The van der Waals surface area contributed by atoms with Crippen LogP contribution >= 0.6 is 0 Å². The van der Waals surface area contributed by atoms with Crippen molar-refractivity contribution in [2.45, 2.75) is 25.3 Å². The molecule has 4 heteroatoms. The van der Waals surface area contributed by atoms with Crippen LogP contribution in [-0.2, 0) is 13.5 Å². The predicted molar refractivity (Wildman–Crippen MR) is 62.4 cm³/mol. The lowest BCUT2D eigenvalue weighted by atomic mass is 9.94. The third kappa shape index (κ3) is 1.38. The number of aryl methyl sites for hydroxylation is 1. The Morgan fingerprint density at radius 1 is 1.50 bits per heavy atom. The SMILES string of the molecule is Cn1cc(-n2ccc3c2CCCC3N)cn1. The quantitative estimate of drug-likeness (QED) is 0.786.